The third-order valence-corrected chi connectivity index (χ3v) is 3.72. The summed E-state index contributed by atoms with van der Waals surface area (Å²) < 4.78 is 25.9. The zero-order valence-corrected chi connectivity index (χ0v) is 11.2. The molecule has 110 valence electrons. The first-order chi connectivity index (χ1) is 9.27. The number of nitrogens with one attached hydrogen (secondary N) is 2. The molecule has 0 heterocycles. The summed E-state index contributed by atoms with van der Waals surface area (Å²) in [5.41, 5.74) is -1.32. The predicted octanol–water partition coefficient (Wildman–Crippen LogP) is 0.000700. The largest absolute Gasteiger partial charge is 0.318 e. The lowest BCUT2D eigenvalue weighted by Gasteiger charge is -2.06. The van der Waals surface area contributed by atoms with E-state index in [-0.39, 0.29) is 6.54 Å². The van der Waals surface area contributed by atoms with Gasteiger partial charge in [0, 0.05) is 25.2 Å². The van der Waals surface area contributed by atoms with Gasteiger partial charge in [-0.3, -0.25) is 20.2 Å². The maximum atomic E-state index is 11.9. The maximum absolute atomic E-state index is 11.9. The zero-order chi connectivity index (χ0) is 15.3. The van der Waals surface area contributed by atoms with Crippen molar-refractivity contribution >= 4 is 21.4 Å². The fourth-order valence-electron chi connectivity index (χ4n) is 1.33. The third-order valence-electron chi connectivity index (χ3n) is 2.28. The van der Waals surface area contributed by atoms with E-state index in [1.807, 2.05) is 0 Å². The van der Waals surface area contributed by atoms with Crippen LogP contribution in [0.1, 0.15) is 0 Å². The van der Waals surface area contributed by atoms with Crippen LogP contribution in [0.25, 0.3) is 0 Å². The maximum Gasteiger partial charge on any atom is 0.277 e. The normalized spacial score (nSPS) is 11.2. The summed E-state index contributed by atoms with van der Waals surface area (Å²) in [7, 11) is -2.43. The highest BCUT2D eigenvalue weighted by molar-refractivity contribution is 7.89. The van der Waals surface area contributed by atoms with Crippen molar-refractivity contribution in [1.82, 2.24) is 10.0 Å². The summed E-state index contributed by atoms with van der Waals surface area (Å²) >= 11 is 0. The molecule has 0 bridgehead atoms. The van der Waals surface area contributed by atoms with Gasteiger partial charge in [-0.15, -0.1) is 0 Å². The van der Waals surface area contributed by atoms with Crippen LogP contribution in [-0.2, 0) is 10.0 Å². The number of hydrogen-bond donors (Lipinski definition) is 2. The van der Waals surface area contributed by atoms with Crippen molar-refractivity contribution in [2.24, 2.45) is 0 Å². The first kappa shape index (κ1) is 15.9. The number of benzene rings is 1. The van der Waals surface area contributed by atoms with E-state index in [0.29, 0.717) is 12.6 Å². The Kier molecular flexibility index (Phi) is 5.07. The average Bonchev–Trinajstić information content (AvgIpc) is 2.38. The molecule has 0 aliphatic rings. The Bertz CT molecular complexity index is 597. The molecule has 11 heteroatoms. The van der Waals surface area contributed by atoms with Gasteiger partial charge in [-0.05, 0) is 7.05 Å². The van der Waals surface area contributed by atoms with Crippen LogP contribution in [0.15, 0.2) is 23.1 Å². The van der Waals surface area contributed by atoms with Gasteiger partial charge in [0.25, 0.3) is 11.4 Å². The zero-order valence-electron chi connectivity index (χ0n) is 10.4. The highest BCUT2D eigenvalue weighted by Gasteiger charge is 2.23. The Morgan fingerprint density at radius 1 is 1.05 bits per heavy atom. The van der Waals surface area contributed by atoms with E-state index in [9.17, 15) is 28.6 Å². The number of likely N-dealkylation sites (N-methyl/N-ethyl adjacent to an activating group) is 1. The van der Waals surface area contributed by atoms with Gasteiger partial charge < -0.3 is 5.32 Å². The Morgan fingerprint density at radius 2 is 1.55 bits per heavy atom. The second-order valence-electron chi connectivity index (χ2n) is 3.70. The van der Waals surface area contributed by atoms with E-state index in [0.717, 1.165) is 12.1 Å². The number of rotatable bonds is 7. The Hall–Kier alpha value is -2.11. The van der Waals surface area contributed by atoms with Crippen molar-refractivity contribution in [3.8, 4) is 0 Å². The van der Waals surface area contributed by atoms with Gasteiger partial charge in [0.1, 0.15) is 0 Å². The molecule has 0 aliphatic carbocycles. The van der Waals surface area contributed by atoms with Crippen molar-refractivity contribution in [3.05, 3.63) is 38.4 Å². The summed E-state index contributed by atoms with van der Waals surface area (Å²) in [6.07, 6.45) is 0. The van der Waals surface area contributed by atoms with Crippen LogP contribution in [0.5, 0.6) is 0 Å². The Balaban J connectivity index is 3.22. The second-order valence-corrected chi connectivity index (χ2v) is 5.47. The molecule has 0 saturated carbocycles. The van der Waals surface area contributed by atoms with Crippen LogP contribution < -0.4 is 10.0 Å². The number of hydrogen-bond acceptors (Lipinski definition) is 7. The van der Waals surface area contributed by atoms with Crippen LogP contribution >= 0.6 is 0 Å². The lowest BCUT2D eigenvalue weighted by Crippen LogP contribution is -2.30. The Labute approximate surface area is 114 Å². The first-order valence-corrected chi connectivity index (χ1v) is 6.84. The van der Waals surface area contributed by atoms with Crippen molar-refractivity contribution < 1.29 is 18.3 Å². The summed E-state index contributed by atoms with van der Waals surface area (Å²) in [5.74, 6) is 0. The van der Waals surface area contributed by atoms with Gasteiger partial charge in [-0.1, -0.05) is 0 Å². The molecule has 0 amide bonds. The number of nitrogens with zero attached hydrogens (tertiary/aromatic N) is 2. The van der Waals surface area contributed by atoms with E-state index >= 15 is 0 Å². The molecular formula is C9H12N4O6S. The first-order valence-electron chi connectivity index (χ1n) is 5.36. The molecule has 0 spiro atoms. The molecule has 0 saturated heterocycles. The summed E-state index contributed by atoms with van der Waals surface area (Å²) in [4.78, 5) is 19.0. The number of sulfonamides is 1. The SMILES string of the molecule is CNCCNS(=O)(=O)c1cc([N+](=O)[O-])cc([N+](=O)[O-])c1. The van der Waals surface area contributed by atoms with Crippen LogP contribution in [0.2, 0.25) is 0 Å². The van der Waals surface area contributed by atoms with Crippen molar-refractivity contribution in [3.63, 3.8) is 0 Å². The number of nitro groups is 2. The minimum atomic E-state index is -4.04. The molecule has 1 rings (SSSR count). The lowest BCUT2D eigenvalue weighted by atomic mass is 10.3. The van der Waals surface area contributed by atoms with Crippen molar-refractivity contribution in [2.45, 2.75) is 4.90 Å². The van der Waals surface area contributed by atoms with Crippen molar-refractivity contribution in [2.75, 3.05) is 20.1 Å². The summed E-state index contributed by atoms with van der Waals surface area (Å²) in [6.45, 7) is 0.394. The van der Waals surface area contributed by atoms with Gasteiger partial charge in [0.05, 0.1) is 20.8 Å². The molecule has 10 nitrogen and oxygen atoms in total. The van der Waals surface area contributed by atoms with Crippen LogP contribution in [0.4, 0.5) is 11.4 Å². The summed E-state index contributed by atoms with van der Waals surface area (Å²) in [6, 6.07) is 2.25. The molecular weight excluding hydrogens is 292 g/mol. The van der Waals surface area contributed by atoms with Crippen LogP contribution in [0.3, 0.4) is 0 Å². The van der Waals surface area contributed by atoms with Gasteiger partial charge in [-0.25, -0.2) is 13.1 Å². The molecule has 20 heavy (non-hydrogen) atoms. The molecule has 2 N–H and O–H groups in total. The summed E-state index contributed by atoms with van der Waals surface area (Å²) in [5, 5.41) is 24.1. The van der Waals surface area contributed by atoms with Gasteiger partial charge in [-0.2, -0.15) is 0 Å². The van der Waals surface area contributed by atoms with Gasteiger partial charge >= 0.3 is 0 Å². The molecule has 1 aromatic rings. The van der Waals surface area contributed by atoms with E-state index in [4.69, 9.17) is 0 Å². The topological polar surface area (TPSA) is 144 Å². The molecule has 0 atom stereocenters. The number of nitro benzene ring substituents is 2. The molecule has 0 fully saturated rings. The number of non-ortho nitro benzene ring substituents is 2. The van der Waals surface area contributed by atoms with Crippen LogP contribution in [-0.4, -0.2) is 38.4 Å². The molecule has 0 aliphatic heterocycles. The van der Waals surface area contributed by atoms with E-state index in [2.05, 4.69) is 10.0 Å². The highest BCUT2D eigenvalue weighted by Crippen LogP contribution is 2.25. The third kappa shape index (κ3) is 3.94. The second kappa shape index (κ2) is 6.36. The van der Waals surface area contributed by atoms with Gasteiger partial charge in [0.2, 0.25) is 10.0 Å². The molecule has 0 unspecified atom stereocenters. The van der Waals surface area contributed by atoms with Crippen LogP contribution in [0, 0.1) is 20.2 Å². The molecule has 0 radical (unpaired) electrons. The molecule has 0 aromatic heterocycles. The average molecular weight is 304 g/mol. The van der Waals surface area contributed by atoms with Crippen molar-refractivity contribution in [1.29, 1.82) is 0 Å². The van der Waals surface area contributed by atoms with E-state index < -0.39 is 36.1 Å². The minimum absolute atomic E-state index is 0.0509. The monoisotopic (exact) mass is 304 g/mol. The predicted molar refractivity (Wildman–Crippen MR) is 68.9 cm³/mol. The highest BCUT2D eigenvalue weighted by atomic mass is 32.2. The standard InChI is InChI=1S/C9H12N4O6S/c1-10-2-3-11-20(18,19)9-5-7(12(14)15)4-8(6-9)13(16)17/h4-6,10-11H,2-3H2,1H3. The minimum Gasteiger partial charge on any atom is -0.318 e. The van der Waals surface area contributed by atoms with Gasteiger partial charge in [0.15, 0.2) is 0 Å². The lowest BCUT2D eigenvalue weighted by molar-refractivity contribution is -0.394. The Morgan fingerprint density at radius 3 is 1.95 bits per heavy atom. The smallest absolute Gasteiger partial charge is 0.277 e. The van der Waals surface area contributed by atoms with E-state index in [1.165, 1.54) is 0 Å². The quantitative estimate of drug-likeness (QED) is 0.409. The fraction of sp³-hybridized carbons (Fsp3) is 0.333. The molecule has 1 aromatic carbocycles. The fourth-order valence-corrected chi connectivity index (χ4v) is 2.42. The van der Waals surface area contributed by atoms with E-state index in [1.54, 1.807) is 7.05 Å².